The van der Waals surface area contributed by atoms with Crippen LogP contribution in [0.2, 0.25) is 0 Å². The third-order valence-electron chi connectivity index (χ3n) is 3.14. The lowest BCUT2D eigenvalue weighted by Gasteiger charge is -2.09. The highest BCUT2D eigenvalue weighted by Gasteiger charge is 2.25. The SMILES string of the molecule is Fc1cc(NCc2cncn2C2CC2)cc(F)c1F. The summed E-state index contributed by atoms with van der Waals surface area (Å²) in [5.41, 5.74) is 1.15. The van der Waals surface area contributed by atoms with Crippen LogP contribution in [0.25, 0.3) is 0 Å². The van der Waals surface area contributed by atoms with Crippen LogP contribution < -0.4 is 5.32 Å². The maximum absolute atomic E-state index is 13.1. The van der Waals surface area contributed by atoms with Crippen molar-refractivity contribution in [3.8, 4) is 0 Å². The molecule has 6 heteroatoms. The minimum Gasteiger partial charge on any atom is -0.379 e. The van der Waals surface area contributed by atoms with E-state index < -0.39 is 17.5 Å². The molecule has 1 aliphatic rings. The Hall–Kier alpha value is -1.98. The van der Waals surface area contributed by atoms with Crippen molar-refractivity contribution < 1.29 is 13.2 Å². The highest BCUT2D eigenvalue weighted by atomic mass is 19.2. The highest BCUT2D eigenvalue weighted by molar-refractivity contribution is 5.44. The van der Waals surface area contributed by atoms with Gasteiger partial charge in [-0.1, -0.05) is 0 Å². The molecule has 0 aliphatic heterocycles. The van der Waals surface area contributed by atoms with Gasteiger partial charge in [0.1, 0.15) is 0 Å². The Labute approximate surface area is 108 Å². The molecule has 0 spiro atoms. The zero-order valence-electron chi connectivity index (χ0n) is 10.0. The van der Waals surface area contributed by atoms with Crippen LogP contribution in [0, 0.1) is 17.5 Å². The number of anilines is 1. The number of halogens is 3. The topological polar surface area (TPSA) is 29.9 Å². The van der Waals surface area contributed by atoms with Gasteiger partial charge in [-0.25, -0.2) is 18.2 Å². The van der Waals surface area contributed by atoms with Crippen LogP contribution in [0.3, 0.4) is 0 Å². The molecule has 3 rings (SSSR count). The van der Waals surface area contributed by atoms with E-state index in [1.165, 1.54) is 0 Å². The van der Waals surface area contributed by atoms with Crippen molar-refractivity contribution in [3.63, 3.8) is 0 Å². The fourth-order valence-electron chi connectivity index (χ4n) is 2.00. The molecule has 2 aromatic rings. The normalized spacial score (nSPS) is 14.7. The van der Waals surface area contributed by atoms with Crippen molar-refractivity contribution in [2.45, 2.75) is 25.4 Å². The van der Waals surface area contributed by atoms with E-state index in [-0.39, 0.29) is 5.69 Å². The van der Waals surface area contributed by atoms with Gasteiger partial charge in [-0.3, -0.25) is 0 Å². The summed E-state index contributed by atoms with van der Waals surface area (Å²) in [5.74, 6) is -3.84. The Kier molecular flexibility index (Phi) is 2.93. The minimum atomic E-state index is -1.45. The highest BCUT2D eigenvalue weighted by Crippen LogP contribution is 2.35. The molecule has 1 saturated carbocycles. The van der Waals surface area contributed by atoms with Crippen LogP contribution in [-0.2, 0) is 6.54 Å². The number of benzene rings is 1. The molecule has 1 aromatic carbocycles. The van der Waals surface area contributed by atoms with Gasteiger partial charge in [0.15, 0.2) is 17.5 Å². The molecule has 100 valence electrons. The monoisotopic (exact) mass is 267 g/mol. The average molecular weight is 267 g/mol. The number of aromatic nitrogens is 2. The molecule has 0 saturated heterocycles. The summed E-state index contributed by atoms with van der Waals surface area (Å²) in [6.45, 7) is 0.390. The second-order valence-electron chi connectivity index (χ2n) is 4.63. The summed E-state index contributed by atoms with van der Waals surface area (Å²) in [4.78, 5) is 4.06. The van der Waals surface area contributed by atoms with Crippen LogP contribution in [-0.4, -0.2) is 9.55 Å². The van der Waals surface area contributed by atoms with Crippen molar-refractivity contribution >= 4 is 5.69 Å². The van der Waals surface area contributed by atoms with Crippen LogP contribution in [0.4, 0.5) is 18.9 Å². The van der Waals surface area contributed by atoms with Gasteiger partial charge in [-0.15, -0.1) is 0 Å². The van der Waals surface area contributed by atoms with Crippen molar-refractivity contribution in [1.82, 2.24) is 9.55 Å². The lowest BCUT2D eigenvalue weighted by molar-refractivity contribution is 0.447. The first-order chi connectivity index (χ1) is 9.15. The van der Waals surface area contributed by atoms with Gasteiger partial charge in [-0.05, 0) is 12.8 Å². The summed E-state index contributed by atoms with van der Waals surface area (Å²) < 4.78 is 41.0. The van der Waals surface area contributed by atoms with E-state index in [1.807, 2.05) is 4.57 Å². The van der Waals surface area contributed by atoms with Crippen LogP contribution in [0.5, 0.6) is 0 Å². The summed E-state index contributed by atoms with van der Waals surface area (Å²) >= 11 is 0. The van der Waals surface area contributed by atoms with Gasteiger partial charge in [0, 0.05) is 30.1 Å². The summed E-state index contributed by atoms with van der Waals surface area (Å²) in [7, 11) is 0. The van der Waals surface area contributed by atoms with Gasteiger partial charge in [-0.2, -0.15) is 0 Å². The third kappa shape index (κ3) is 2.43. The predicted octanol–water partition coefficient (Wildman–Crippen LogP) is 3.25. The van der Waals surface area contributed by atoms with Crippen LogP contribution >= 0.6 is 0 Å². The fourth-order valence-corrected chi connectivity index (χ4v) is 2.00. The Morgan fingerprint density at radius 1 is 1.21 bits per heavy atom. The first-order valence-corrected chi connectivity index (χ1v) is 6.04. The van der Waals surface area contributed by atoms with E-state index in [9.17, 15) is 13.2 Å². The first-order valence-electron chi connectivity index (χ1n) is 6.04. The molecule has 0 radical (unpaired) electrons. The number of nitrogens with one attached hydrogen (secondary N) is 1. The number of rotatable bonds is 4. The molecule has 0 unspecified atom stereocenters. The second kappa shape index (κ2) is 4.60. The minimum absolute atomic E-state index is 0.208. The number of hydrogen-bond acceptors (Lipinski definition) is 2. The second-order valence-corrected chi connectivity index (χ2v) is 4.63. The molecule has 1 aliphatic carbocycles. The number of nitrogens with zero attached hydrogens (tertiary/aromatic N) is 2. The van der Waals surface area contributed by atoms with Gasteiger partial charge in [0.05, 0.1) is 18.6 Å². The Balaban J connectivity index is 1.73. The summed E-state index contributed by atoms with van der Waals surface area (Å²) in [6, 6.07) is 2.37. The van der Waals surface area contributed by atoms with Crippen LogP contribution in [0.15, 0.2) is 24.7 Å². The zero-order chi connectivity index (χ0) is 13.4. The fraction of sp³-hybridized carbons (Fsp3) is 0.308. The van der Waals surface area contributed by atoms with Gasteiger partial charge in [0.25, 0.3) is 0 Å². The summed E-state index contributed by atoms with van der Waals surface area (Å²) in [5, 5.41) is 2.87. The largest absolute Gasteiger partial charge is 0.379 e. The van der Waals surface area contributed by atoms with Gasteiger partial charge in [0.2, 0.25) is 0 Å². The Morgan fingerprint density at radius 3 is 2.53 bits per heavy atom. The quantitative estimate of drug-likeness (QED) is 0.862. The van der Waals surface area contributed by atoms with E-state index in [0.29, 0.717) is 12.6 Å². The number of hydrogen-bond donors (Lipinski definition) is 1. The Morgan fingerprint density at radius 2 is 1.89 bits per heavy atom. The van der Waals surface area contributed by atoms with E-state index in [4.69, 9.17) is 0 Å². The number of imidazole rings is 1. The molecule has 1 heterocycles. The molecule has 1 fully saturated rings. The smallest absolute Gasteiger partial charge is 0.194 e. The average Bonchev–Trinajstić information content (AvgIpc) is 3.12. The van der Waals surface area contributed by atoms with Gasteiger partial charge < -0.3 is 9.88 Å². The Bertz CT molecular complexity index is 582. The van der Waals surface area contributed by atoms with Crippen molar-refractivity contribution in [3.05, 3.63) is 47.8 Å². The molecule has 0 bridgehead atoms. The molecule has 3 nitrogen and oxygen atoms in total. The van der Waals surface area contributed by atoms with Crippen LogP contribution in [0.1, 0.15) is 24.6 Å². The van der Waals surface area contributed by atoms with Crippen molar-refractivity contribution in [1.29, 1.82) is 0 Å². The molecular weight excluding hydrogens is 255 g/mol. The van der Waals surface area contributed by atoms with Crippen molar-refractivity contribution in [2.75, 3.05) is 5.32 Å². The molecular formula is C13H12F3N3. The lowest BCUT2D eigenvalue weighted by atomic mass is 10.2. The van der Waals surface area contributed by atoms with E-state index in [0.717, 1.165) is 30.7 Å². The molecule has 1 N–H and O–H groups in total. The van der Waals surface area contributed by atoms with Crippen molar-refractivity contribution in [2.24, 2.45) is 0 Å². The molecule has 0 amide bonds. The van der Waals surface area contributed by atoms with E-state index >= 15 is 0 Å². The summed E-state index contributed by atoms with van der Waals surface area (Å²) in [6.07, 6.45) is 5.72. The molecule has 1 aromatic heterocycles. The van der Waals surface area contributed by atoms with E-state index in [1.54, 1.807) is 12.5 Å². The standard InChI is InChI=1S/C13H12F3N3/c14-11-3-8(4-12(15)13(11)16)18-6-10-5-17-7-19(10)9-1-2-9/h3-5,7,9,18H,1-2,6H2. The molecule has 0 atom stereocenters. The zero-order valence-corrected chi connectivity index (χ0v) is 10.0. The first kappa shape index (κ1) is 12.1. The van der Waals surface area contributed by atoms with E-state index in [2.05, 4.69) is 10.3 Å². The maximum atomic E-state index is 13.1. The van der Waals surface area contributed by atoms with Gasteiger partial charge >= 0.3 is 0 Å². The predicted molar refractivity (Wildman–Crippen MR) is 64.1 cm³/mol. The maximum Gasteiger partial charge on any atom is 0.194 e. The molecule has 19 heavy (non-hydrogen) atoms. The third-order valence-corrected chi connectivity index (χ3v) is 3.14. The lowest BCUT2D eigenvalue weighted by Crippen LogP contribution is -2.06.